The van der Waals surface area contributed by atoms with Crippen LogP contribution in [0.15, 0.2) is 16.8 Å². The van der Waals surface area contributed by atoms with Crippen molar-refractivity contribution in [2.45, 2.75) is 44.6 Å². The smallest absolute Gasteiger partial charge is 0.00924 e. The standard InChI is InChI=1S/C13H21NS/c1-14-13-5-3-2-4-12(13)7-6-11-8-9-15-10-11/h8-10,12-14H,2-7H2,1H3. The van der Waals surface area contributed by atoms with Crippen LogP contribution in [0, 0.1) is 5.92 Å². The topological polar surface area (TPSA) is 12.0 Å². The van der Waals surface area contributed by atoms with Gasteiger partial charge in [0.25, 0.3) is 0 Å². The average molecular weight is 223 g/mol. The highest BCUT2D eigenvalue weighted by Crippen LogP contribution is 2.28. The molecule has 1 aromatic rings. The molecule has 2 heteroatoms. The maximum atomic E-state index is 3.49. The maximum absolute atomic E-state index is 3.49. The lowest BCUT2D eigenvalue weighted by Crippen LogP contribution is -2.36. The highest BCUT2D eigenvalue weighted by molar-refractivity contribution is 7.07. The van der Waals surface area contributed by atoms with Crippen LogP contribution >= 0.6 is 11.3 Å². The minimum atomic E-state index is 0.775. The summed E-state index contributed by atoms with van der Waals surface area (Å²) in [6, 6.07) is 3.04. The number of nitrogens with one attached hydrogen (secondary N) is 1. The Kier molecular flexibility index (Phi) is 4.21. The lowest BCUT2D eigenvalue weighted by molar-refractivity contribution is 0.260. The lowest BCUT2D eigenvalue weighted by Gasteiger charge is -2.31. The molecule has 84 valence electrons. The summed E-state index contributed by atoms with van der Waals surface area (Å²) in [5, 5.41) is 7.96. The van der Waals surface area contributed by atoms with Gasteiger partial charge < -0.3 is 5.32 Å². The van der Waals surface area contributed by atoms with Gasteiger partial charge in [-0.05, 0) is 61.0 Å². The van der Waals surface area contributed by atoms with Gasteiger partial charge in [0, 0.05) is 6.04 Å². The largest absolute Gasteiger partial charge is 0.317 e. The highest BCUT2D eigenvalue weighted by atomic mass is 32.1. The van der Waals surface area contributed by atoms with Crippen LogP contribution in [0.1, 0.15) is 37.7 Å². The van der Waals surface area contributed by atoms with Crippen LogP contribution < -0.4 is 5.32 Å². The van der Waals surface area contributed by atoms with Gasteiger partial charge in [-0.2, -0.15) is 11.3 Å². The van der Waals surface area contributed by atoms with E-state index < -0.39 is 0 Å². The van der Waals surface area contributed by atoms with Gasteiger partial charge in [-0.25, -0.2) is 0 Å². The maximum Gasteiger partial charge on any atom is 0.00924 e. The summed E-state index contributed by atoms with van der Waals surface area (Å²) in [6.45, 7) is 0. The normalized spacial score (nSPS) is 26.7. The third-order valence-corrected chi connectivity index (χ3v) is 4.40. The van der Waals surface area contributed by atoms with E-state index in [1.165, 1.54) is 44.1 Å². The SMILES string of the molecule is CNC1CCCCC1CCc1ccsc1. The van der Waals surface area contributed by atoms with Crippen LogP contribution in [0.3, 0.4) is 0 Å². The summed E-state index contributed by atoms with van der Waals surface area (Å²) in [5.41, 5.74) is 1.53. The van der Waals surface area contributed by atoms with Gasteiger partial charge in [-0.1, -0.05) is 12.8 Å². The van der Waals surface area contributed by atoms with Crippen molar-refractivity contribution < 1.29 is 0 Å². The van der Waals surface area contributed by atoms with E-state index in [4.69, 9.17) is 0 Å². The second kappa shape index (κ2) is 5.66. The fourth-order valence-electron chi connectivity index (χ4n) is 2.72. The predicted molar refractivity (Wildman–Crippen MR) is 67.4 cm³/mol. The van der Waals surface area contributed by atoms with E-state index >= 15 is 0 Å². The summed E-state index contributed by atoms with van der Waals surface area (Å²) >= 11 is 1.82. The van der Waals surface area contributed by atoms with Crippen molar-refractivity contribution in [3.8, 4) is 0 Å². The van der Waals surface area contributed by atoms with Crippen LogP contribution in [-0.4, -0.2) is 13.1 Å². The van der Waals surface area contributed by atoms with Gasteiger partial charge in [0.15, 0.2) is 0 Å². The Morgan fingerprint density at radius 3 is 3.00 bits per heavy atom. The predicted octanol–water partition coefficient (Wildman–Crippen LogP) is 3.46. The number of hydrogen-bond donors (Lipinski definition) is 1. The monoisotopic (exact) mass is 223 g/mol. The Morgan fingerprint density at radius 2 is 2.27 bits per heavy atom. The first-order chi connectivity index (χ1) is 7.40. The van der Waals surface area contributed by atoms with E-state index in [0.717, 1.165) is 12.0 Å². The van der Waals surface area contributed by atoms with Gasteiger partial charge in [0.1, 0.15) is 0 Å². The summed E-state index contributed by atoms with van der Waals surface area (Å²) in [7, 11) is 2.12. The van der Waals surface area contributed by atoms with Crippen LogP contribution in [0.4, 0.5) is 0 Å². The molecular formula is C13H21NS. The molecule has 1 fully saturated rings. The third kappa shape index (κ3) is 3.05. The van der Waals surface area contributed by atoms with Gasteiger partial charge in [0.05, 0.1) is 0 Å². The minimum Gasteiger partial charge on any atom is -0.317 e. The van der Waals surface area contributed by atoms with Gasteiger partial charge in [-0.3, -0.25) is 0 Å². The van der Waals surface area contributed by atoms with Crippen molar-refractivity contribution in [3.05, 3.63) is 22.4 Å². The molecular weight excluding hydrogens is 202 g/mol. The molecule has 0 amide bonds. The van der Waals surface area contributed by atoms with Crippen LogP contribution in [0.5, 0.6) is 0 Å². The zero-order valence-electron chi connectivity index (χ0n) is 9.54. The first kappa shape index (κ1) is 11.2. The molecule has 2 rings (SSSR count). The molecule has 1 heterocycles. The Hall–Kier alpha value is -0.340. The summed E-state index contributed by atoms with van der Waals surface area (Å²) in [4.78, 5) is 0. The first-order valence-corrected chi connectivity index (χ1v) is 7.03. The molecule has 2 unspecified atom stereocenters. The first-order valence-electron chi connectivity index (χ1n) is 6.08. The molecule has 1 aliphatic carbocycles. The molecule has 1 saturated carbocycles. The van der Waals surface area contributed by atoms with Crippen LogP contribution in [0.2, 0.25) is 0 Å². The molecule has 1 aliphatic rings. The Balaban J connectivity index is 1.81. The lowest BCUT2D eigenvalue weighted by atomic mass is 9.81. The number of hydrogen-bond acceptors (Lipinski definition) is 2. The molecule has 0 radical (unpaired) electrons. The molecule has 0 bridgehead atoms. The van der Waals surface area contributed by atoms with Crippen molar-refractivity contribution in [2.24, 2.45) is 5.92 Å². The van der Waals surface area contributed by atoms with Gasteiger partial charge >= 0.3 is 0 Å². The zero-order chi connectivity index (χ0) is 10.5. The quantitative estimate of drug-likeness (QED) is 0.824. The van der Waals surface area contributed by atoms with E-state index in [1.54, 1.807) is 0 Å². The van der Waals surface area contributed by atoms with Crippen molar-refractivity contribution in [3.63, 3.8) is 0 Å². The zero-order valence-corrected chi connectivity index (χ0v) is 10.4. The second-order valence-corrected chi connectivity index (χ2v) is 5.39. The van der Waals surface area contributed by atoms with Crippen LogP contribution in [-0.2, 0) is 6.42 Å². The molecule has 0 aliphatic heterocycles. The van der Waals surface area contributed by atoms with Crippen molar-refractivity contribution in [1.29, 1.82) is 0 Å². The van der Waals surface area contributed by atoms with Crippen molar-refractivity contribution in [1.82, 2.24) is 5.32 Å². The summed E-state index contributed by atoms with van der Waals surface area (Å²) in [6.07, 6.45) is 8.29. The molecule has 0 saturated heterocycles. The highest BCUT2D eigenvalue weighted by Gasteiger charge is 2.22. The number of thiophene rings is 1. The molecule has 0 spiro atoms. The third-order valence-electron chi connectivity index (χ3n) is 3.66. The number of rotatable bonds is 4. The Labute approximate surface area is 96.9 Å². The number of aryl methyl sites for hydroxylation is 1. The van der Waals surface area contributed by atoms with E-state index in [-0.39, 0.29) is 0 Å². The fourth-order valence-corrected chi connectivity index (χ4v) is 3.42. The van der Waals surface area contributed by atoms with E-state index in [1.807, 2.05) is 11.3 Å². The molecule has 1 N–H and O–H groups in total. The molecule has 2 atom stereocenters. The van der Waals surface area contributed by atoms with Crippen LogP contribution in [0.25, 0.3) is 0 Å². The minimum absolute atomic E-state index is 0.775. The molecule has 1 aromatic heterocycles. The van der Waals surface area contributed by atoms with Crippen molar-refractivity contribution >= 4 is 11.3 Å². The fraction of sp³-hybridized carbons (Fsp3) is 0.692. The van der Waals surface area contributed by atoms with E-state index in [9.17, 15) is 0 Å². The van der Waals surface area contributed by atoms with Gasteiger partial charge in [-0.15, -0.1) is 0 Å². The van der Waals surface area contributed by atoms with Gasteiger partial charge in [0.2, 0.25) is 0 Å². The average Bonchev–Trinajstić information content (AvgIpc) is 2.79. The molecule has 15 heavy (non-hydrogen) atoms. The van der Waals surface area contributed by atoms with E-state index in [2.05, 4.69) is 29.2 Å². The molecule has 0 aromatic carbocycles. The van der Waals surface area contributed by atoms with Crippen molar-refractivity contribution in [2.75, 3.05) is 7.05 Å². The summed E-state index contributed by atoms with van der Waals surface area (Å²) in [5.74, 6) is 0.906. The Bertz CT molecular complexity index is 268. The second-order valence-electron chi connectivity index (χ2n) is 4.61. The van der Waals surface area contributed by atoms with E-state index in [0.29, 0.717) is 0 Å². The summed E-state index contributed by atoms with van der Waals surface area (Å²) < 4.78 is 0. The Morgan fingerprint density at radius 1 is 1.40 bits per heavy atom. The molecule has 1 nitrogen and oxygen atoms in total.